The molecular weight excluding hydrogens is 319 g/mol. The highest BCUT2D eigenvalue weighted by atomic mass is 19.1. The van der Waals surface area contributed by atoms with Crippen LogP contribution in [0.1, 0.15) is 0 Å². The molecule has 5 rings (SSSR count). The number of ether oxygens (including phenoxy) is 1. The van der Waals surface area contributed by atoms with Crippen LogP contribution in [0, 0.1) is 5.82 Å². The summed E-state index contributed by atoms with van der Waals surface area (Å²) in [6.07, 6.45) is 1.80. The molecule has 124 valence electrons. The average Bonchev–Trinajstić information content (AvgIpc) is 3.30. The third kappa shape index (κ3) is 2.14. The van der Waals surface area contributed by atoms with E-state index in [1.165, 1.54) is 12.1 Å². The van der Waals surface area contributed by atoms with Crippen molar-refractivity contribution in [3.63, 3.8) is 0 Å². The summed E-state index contributed by atoms with van der Waals surface area (Å²) >= 11 is 0. The summed E-state index contributed by atoms with van der Waals surface area (Å²) in [7, 11) is 1.97. The van der Waals surface area contributed by atoms with Gasteiger partial charge >= 0.3 is 0 Å². The molecule has 0 radical (unpaired) electrons. The molecule has 3 heterocycles. The Morgan fingerprint density at radius 1 is 1.08 bits per heavy atom. The quantitative estimate of drug-likeness (QED) is 0.562. The van der Waals surface area contributed by atoms with Crippen LogP contribution in [0.25, 0.3) is 33.4 Å². The van der Waals surface area contributed by atoms with Gasteiger partial charge in [-0.05, 0) is 42.0 Å². The van der Waals surface area contributed by atoms with E-state index in [0.29, 0.717) is 6.61 Å². The highest BCUT2D eigenvalue weighted by Crippen LogP contribution is 2.41. The average molecular weight is 334 g/mol. The molecule has 2 aromatic carbocycles. The van der Waals surface area contributed by atoms with E-state index in [-0.39, 0.29) is 5.82 Å². The predicted molar refractivity (Wildman–Crippen MR) is 92.8 cm³/mol. The van der Waals surface area contributed by atoms with E-state index in [9.17, 15) is 4.39 Å². The van der Waals surface area contributed by atoms with Crippen molar-refractivity contribution in [1.29, 1.82) is 0 Å². The number of nitrogens with zero attached hydrogens (tertiary/aromatic N) is 4. The maximum Gasteiger partial charge on any atom is 0.220 e. The molecule has 6 heteroatoms. The number of aryl methyl sites for hydroxylation is 1. The molecule has 0 fully saturated rings. The number of halogens is 1. The molecule has 0 bridgehead atoms. The second-order valence-corrected chi connectivity index (χ2v) is 6.17. The molecule has 1 aliphatic heterocycles. The minimum atomic E-state index is -0.260. The highest BCUT2D eigenvalue weighted by molar-refractivity contribution is 5.89. The van der Waals surface area contributed by atoms with E-state index >= 15 is 0 Å². The number of hydrogen-bond donors (Lipinski definition) is 0. The molecule has 0 saturated heterocycles. The van der Waals surface area contributed by atoms with Crippen LogP contribution in [0.4, 0.5) is 4.39 Å². The van der Waals surface area contributed by atoms with Crippen molar-refractivity contribution in [3.05, 3.63) is 54.6 Å². The van der Waals surface area contributed by atoms with Crippen molar-refractivity contribution < 1.29 is 9.13 Å². The molecule has 0 unspecified atom stereocenters. The largest absolute Gasteiger partial charge is 0.475 e. The van der Waals surface area contributed by atoms with Gasteiger partial charge in [0.25, 0.3) is 0 Å². The van der Waals surface area contributed by atoms with Gasteiger partial charge in [-0.15, -0.1) is 0 Å². The first-order valence-corrected chi connectivity index (χ1v) is 8.12. The van der Waals surface area contributed by atoms with Crippen LogP contribution >= 0.6 is 0 Å². The normalized spacial score (nSPS) is 13.2. The second-order valence-electron chi connectivity index (χ2n) is 6.17. The van der Waals surface area contributed by atoms with Crippen molar-refractivity contribution in [3.8, 4) is 28.3 Å². The summed E-state index contributed by atoms with van der Waals surface area (Å²) in [5.41, 5.74) is 5.61. The second kappa shape index (κ2) is 5.17. The molecule has 25 heavy (non-hydrogen) atoms. The number of fused-ring (bicyclic) bond motifs is 2. The van der Waals surface area contributed by atoms with Crippen molar-refractivity contribution in [2.75, 3.05) is 6.61 Å². The van der Waals surface area contributed by atoms with E-state index < -0.39 is 0 Å². The van der Waals surface area contributed by atoms with Gasteiger partial charge in [0, 0.05) is 12.6 Å². The van der Waals surface area contributed by atoms with Gasteiger partial charge in [-0.1, -0.05) is 6.07 Å². The maximum atomic E-state index is 13.3. The van der Waals surface area contributed by atoms with Crippen LogP contribution < -0.4 is 4.74 Å². The lowest BCUT2D eigenvalue weighted by Gasteiger charge is -2.07. The summed E-state index contributed by atoms with van der Waals surface area (Å²) < 4.78 is 23.0. The minimum Gasteiger partial charge on any atom is -0.475 e. The van der Waals surface area contributed by atoms with Gasteiger partial charge < -0.3 is 9.30 Å². The number of rotatable bonds is 2. The fourth-order valence-electron chi connectivity index (χ4n) is 3.33. The van der Waals surface area contributed by atoms with Gasteiger partial charge in [0.05, 0.1) is 29.5 Å². The topological polar surface area (TPSA) is 44.9 Å². The SMILES string of the molecule is Cn1cnc2ccc(-c3c(-c4ccc(F)cc4)nn4c3OCC4)cc21. The van der Waals surface area contributed by atoms with Crippen molar-refractivity contribution >= 4 is 11.0 Å². The van der Waals surface area contributed by atoms with Crippen LogP contribution in [0.15, 0.2) is 48.8 Å². The Morgan fingerprint density at radius 3 is 2.72 bits per heavy atom. The van der Waals surface area contributed by atoms with Crippen molar-refractivity contribution in [2.24, 2.45) is 7.05 Å². The Bertz CT molecular complexity index is 1090. The molecule has 2 aromatic heterocycles. The first-order valence-electron chi connectivity index (χ1n) is 8.12. The summed E-state index contributed by atoms with van der Waals surface area (Å²) in [6.45, 7) is 1.34. The molecule has 0 atom stereocenters. The standard InChI is InChI=1S/C19H15FN4O/c1-23-11-21-15-7-4-13(10-16(15)23)17-18(12-2-5-14(20)6-3-12)22-24-8-9-25-19(17)24/h2-7,10-11H,8-9H2,1H3. The van der Waals surface area contributed by atoms with Gasteiger partial charge in [-0.3, -0.25) is 0 Å². The van der Waals surface area contributed by atoms with Crippen LogP contribution in [0.3, 0.4) is 0 Å². The highest BCUT2D eigenvalue weighted by Gasteiger charge is 2.25. The summed E-state index contributed by atoms with van der Waals surface area (Å²) in [5, 5.41) is 4.70. The Kier molecular flexibility index (Phi) is 2.94. The molecule has 4 aromatic rings. The number of aromatic nitrogens is 4. The molecule has 0 aliphatic carbocycles. The van der Waals surface area contributed by atoms with Crippen LogP contribution in [0.2, 0.25) is 0 Å². The Labute approximate surface area is 143 Å². The molecule has 5 nitrogen and oxygen atoms in total. The molecule has 1 aliphatic rings. The number of benzene rings is 2. The van der Waals surface area contributed by atoms with E-state index in [0.717, 1.165) is 45.8 Å². The lowest BCUT2D eigenvalue weighted by molar-refractivity contribution is 0.358. The van der Waals surface area contributed by atoms with Crippen molar-refractivity contribution in [2.45, 2.75) is 6.54 Å². The Hall–Kier alpha value is -3.15. The predicted octanol–water partition coefficient (Wildman–Crippen LogP) is 3.64. The molecule has 0 N–H and O–H groups in total. The summed E-state index contributed by atoms with van der Waals surface area (Å²) in [6, 6.07) is 12.5. The molecule has 0 amide bonds. The molecular formula is C19H15FN4O. The zero-order chi connectivity index (χ0) is 17.0. The van der Waals surface area contributed by atoms with E-state index in [1.807, 2.05) is 28.4 Å². The maximum absolute atomic E-state index is 13.3. The fraction of sp³-hybridized carbons (Fsp3) is 0.158. The van der Waals surface area contributed by atoms with Crippen LogP contribution in [0.5, 0.6) is 5.88 Å². The van der Waals surface area contributed by atoms with Crippen LogP contribution in [-0.2, 0) is 13.6 Å². The monoisotopic (exact) mass is 334 g/mol. The lowest BCUT2D eigenvalue weighted by atomic mass is 10.0. The fourth-order valence-corrected chi connectivity index (χ4v) is 3.33. The minimum absolute atomic E-state index is 0.260. The summed E-state index contributed by atoms with van der Waals surface area (Å²) in [4.78, 5) is 4.37. The van der Waals surface area contributed by atoms with E-state index in [2.05, 4.69) is 11.1 Å². The Morgan fingerprint density at radius 2 is 1.88 bits per heavy atom. The first kappa shape index (κ1) is 14.2. The zero-order valence-corrected chi connectivity index (χ0v) is 13.6. The smallest absolute Gasteiger partial charge is 0.220 e. The van der Waals surface area contributed by atoms with E-state index in [4.69, 9.17) is 9.84 Å². The van der Waals surface area contributed by atoms with Crippen LogP contribution in [-0.4, -0.2) is 25.9 Å². The molecule has 0 spiro atoms. The third-order valence-electron chi connectivity index (χ3n) is 4.58. The van der Waals surface area contributed by atoms with Gasteiger partial charge in [-0.2, -0.15) is 5.10 Å². The van der Waals surface area contributed by atoms with E-state index in [1.54, 1.807) is 18.5 Å². The zero-order valence-electron chi connectivity index (χ0n) is 13.6. The lowest BCUT2D eigenvalue weighted by Crippen LogP contribution is -1.96. The third-order valence-corrected chi connectivity index (χ3v) is 4.58. The first-order chi connectivity index (χ1) is 12.2. The summed E-state index contributed by atoms with van der Waals surface area (Å²) in [5.74, 6) is 0.505. The number of imidazole rings is 1. The number of hydrogen-bond acceptors (Lipinski definition) is 3. The van der Waals surface area contributed by atoms with Gasteiger partial charge in [-0.25, -0.2) is 14.1 Å². The van der Waals surface area contributed by atoms with Gasteiger partial charge in [0.2, 0.25) is 5.88 Å². The molecule has 0 saturated carbocycles. The Balaban J connectivity index is 1.76. The van der Waals surface area contributed by atoms with Gasteiger partial charge in [0.1, 0.15) is 18.1 Å². The van der Waals surface area contributed by atoms with Gasteiger partial charge in [0.15, 0.2) is 0 Å². The van der Waals surface area contributed by atoms with Crippen molar-refractivity contribution in [1.82, 2.24) is 19.3 Å².